The highest BCUT2D eigenvalue weighted by Gasteiger charge is 2.64. The summed E-state index contributed by atoms with van der Waals surface area (Å²) < 4.78 is 5.17. The zero-order valence-corrected chi connectivity index (χ0v) is 19.6. The lowest BCUT2D eigenvalue weighted by atomic mass is 9.73. The van der Waals surface area contributed by atoms with Crippen molar-refractivity contribution in [2.75, 3.05) is 11.5 Å². The minimum Gasteiger partial charge on any atom is -0.454 e. The van der Waals surface area contributed by atoms with Crippen LogP contribution in [-0.2, 0) is 14.3 Å². The van der Waals surface area contributed by atoms with Gasteiger partial charge in [0, 0.05) is 5.56 Å². The molecular weight excluding hydrogens is 454 g/mol. The van der Waals surface area contributed by atoms with E-state index in [0.717, 1.165) is 12.8 Å². The third-order valence-electron chi connectivity index (χ3n) is 8.03. The first-order valence-electron chi connectivity index (χ1n) is 12.3. The average molecular weight is 480 g/mol. The summed E-state index contributed by atoms with van der Waals surface area (Å²) in [5, 5.41) is 0. The number of rotatable bonds is 6. The Morgan fingerprint density at radius 1 is 0.750 bits per heavy atom. The molecule has 0 aromatic heterocycles. The molecule has 2 bridgehead atoms. The first kappa shape index (κ1) is 22.4. The van der Waals surface area contributed by atoms with E-state index in [1.165, 1.54) is 22.6 Å². The summed E-state index contributed by atoms with van der Waals surface area (Å²) in [6, 6.07) is 25.2. The molecule has 3 aromatic rings. The SMILES string of the molecule is O=C(COC(=O)c1ccc(N2C(=O)[C@@H]3[C@H]4C[C@H]([C@H]3C2=O)[C@H](c2ccccc2)C4)cc1)c1ccccc1. The second-order valence-electron chi connectivity index (χ2n) is 9.89. The van der Waals surface area contributed by atoms with Gasteiger partial charge in [0.2, 0.25) is 11.8 Å². The smallest absolute Gasteiger partial charge is 0.338 e. The van der Waals surface area contributed by atoms with Crippen LogP contribution in [-0.4, -0.2) is 30.2 Å². The van der Waals surface area contributed by atoms with E-state index in [0.29, 0.717) is 17.2 Å². The number of fused-ring (bicyclic) bond motifs is 5. The Hall–Kier alpha value is -4.06. The Bertz CT molecular complexity index is 1330. The van der Waals surface area contributed by atoms with Gasteiger partial charge in [0.25, 0.3) is 0 Å². The first-order valence-corrected chi connectivity index (χ1v) is 12.3. The van der Waals surface area contributed by atoms with Crippen molar-refractivity contribution in [3.63, 3.8) is 0 Å². The van der Waals surface area contributed by atoms with Crippen LogP contribution in [0, 0.1) is 23.7 Å². The summed E-state index contributed by atoms with van der Waals surface area (Å²) in [6.07, 6.45) is 1.86. The lowest BCUT2D eigenvalue weighted by Gasteiger charge is -2.28. The van der Waals surface area contributed by atoms with Gasteiger partial charge in [0.05, 0.1) is 23.1 Å². The molecule has 5 atom stereocenters. The van der Waals surface area contributed by atoms with Crippen LogP contribution in [0.2, 0.25) is 0 Å². The van der Waals surface area contributed by atoms with E-state index in [1.807, 2.05) is 18.2 Å². The summed E-state index contributed by atoms with van der Waals surface area (Å²) in [5.41, 5.74) is 2.44. The van der Waals surface area contributed by atoms with Gasteiger partial charge < -0.3 is 4.74 Å². The molecule has 0 N–H and O–H groups in total. The molecule has 36 heavy (non-hydrogen) atoms. The maximum Gasteiger partial charge on any atom is 0.338 e. The predicted molar refractivity (Wildman–Crippen MR) is 132 cm³/mol. The van der Waals surface area contributed by atoms with Crippen LogP contribution in [0.25, 0.3) is 0 Å². The molecule has 3 aromatic carbocycles. The summed E-state index contributed by atoms with van der Waals surface area (Å²) in [5.74, 6) is -1.01. The number of amides is 2. The molecule has 0 spiro atoms. The maximum absolute atomic E-state index is 13.5. The summed E-state index contributed by atoms with van der Waals surface area (Å²) in [6.45, 7) is -0.359. The first-order chi connectivity index (χ1) is 17.5. The molecule has 1 heterocycles. The number of esters is 1. The van der Waals surface area contributed by atoms with Gasteiger partial charge in [-0.2, -0.15) is 0 Å². The number of carbonyl (C=O) groups excluding carboxylic acids is 4. The predicted octanol–water partition coefficient (Wildman–Crippen LogP) is 4.66. The van der Waals surface area contributed by atoms with Crippen LogP contribution in [0.1, 0.15) is 45.0 Å². The van der Waals surface area contributed by atoms with Gasteiger partial charge in [0.1, 0.15) is 0 Å². The van der Waals surface area contributed by atoms with E-state index in [4.69, 9.17) is 4.74 Å². The van der Waals surface area contributed by atoms with E-state index < -0.39 is 5.97 Å². The number of carbonyl (C=O) groups is 4. The molecule has 2 amide bonds. The fourth-order valence-corrected chi connectivity index (χ4v) is 6.47. The van der Waals surface area contributed by atoms with Gasteiger partial charge in [-0.1, -0.05) is 60.7 Å². The van der Waals surface area contributed by atoms with Crippen LogP contribution < -0.4 is 4.90 Å². The van der Waals surface area contributed by atoms with E-state index in [-0.39, 0.29) is 53.4 Å². The fraction of sp³-hybridized carbons (Fsp3) is 0.267. The van der Waals surface area contributed by atoms with E-state index in [9.17, 15) is 19.2 Å². The van der Waals surface area contributed by atoms with Crippen molar-refractivity contribution in [1.29, 1.82) is 0 Å². The minimum atomic E-state index is -0.634. The van der Waals surface area contributed by atoms with Crippen LogP contribution in [0.4, 0.5) is 5.69 Å². The Balaban J connectivity index is 1.14. The monoisotopic (exact) mass is 479 g/mol. The summed E-state index contributed by atoms with van der Waals surface area (Å²) in [7, 11) is 0. The molecule has 0 unspecified atom stereocenters. The number of hydrogen-bond acceptors (Lipinski definition) is 5. The van der Waals surface area contributed by atoms with Crippen molar-refractivity contribution in [1.82, 2.24) is 0 Å². The topological polar surface area (TPSA) is 80.8 Å². The van der Waals surface area contributed by atoms with E-state index in [1.54, 1.807) is 42.5 Å². The Morgan fingerprint density at radius 2 is 1.39 bits per heavy atom. The van der Waals surface area contributed by atoms with Crippen LogP contribution >= 0.6 is 0 Å². The van der Waals surface area contributed by atoms with Crippen LogP contribution in [0.5, 0.6) is 0 Å². The number of nitrogens with zero attached hydrogens (tertiary/aromatic N) is 1. The molecule has 1 aliphatic heterocycles. The van der Waals surface area contributed by atoms with Crippen molar-refractivity contribution < 1.29 is 23.9 Å². The fourth-order valence-electron chi connectivity index (χ4n) is 6.47. The van der Waals surface area contributed by atoms with Crippen LogP contribution in [0.3, 0.4) is 0 Å². The van der Waals surface area contributed by atoms with Gasteiger partial charge in [-0.05, 0) is 60.4 Å². The highest BCUT2D eigenvalue weighted by molar-refractivity contribution is 6.22. The van der Waals surface area contributed by atoms with Crippen molar-refractivity contribution in [2.45, 2.75) is 18.8 Å². The lowest BCUT2D eigenvalue weighted by Crippen LogP contribution is -2.33. The molecule has 6 heteroatoms. The molecule has 6 rings (SSSR count). The maximum atomic E-state index is 13.5. The Kier molecular flexibility index (Phi) is 5.52. The molecule has 2 saturated carbocycles. The zero-order valence-electron chi connectivity index (χ0n) is 19.6. The molecule has 3 aliphatic rings. The average Bonchev–Trinajstić information content (AvgIpc) is 3.59. The van der Waals surface area contributed by atoms with Crippen molar-refractivity contribution >= 4 is 29.3 Å². The Morgan fingerprint density at radius 3 is 2.08 bits per heavy atom. The van der Waals surface area contributed by atoms with Crippen molar-refractivity contribution in [3.05, 3.63) is 102 Å². The lowest BCUT2D eigenvalue weighted by molar-refractivity contribution is -0.123. The van der Waals surface area contributed by atoms with E-state index >= 15 is 0 Å². The molecule has 6 nitrogen and oxygen atoms in total. The standard InChI is InChI=1S/C30H25NO5/c32-25(19-9-5-2-6-10-19)17-36-30(35)20-11-13-22(14-12-20)31-28(33)26-21-15-23(18-7-3-1-4-8-18)24(16-21)27(26)29(31)34/h1-14,21,23-24,26-27H,15-17H2/t21-,23+,24+,26-,27-/m1/s1. The molecule has 180 valence electrons. The van der Waals surface area contributed by atoms with Gasteiger partial charge in [0.15, 0.2) is 12.4 Å². The molecule has 2 aliphatic carbocycles. The van der Waals surface area contributed by atoms with Gasteiger partial charge in [-0.25, -0.2) is 4.79 Å². The van der Waals surface area contributed by atoms with Crippen molar-refractivity contribution in [3.8, 4) is 0 Å². The third kappa shape index (κ3) is 3.65. The summed E-state index contributed by atoms with van der Waals surface area (Å²) >= 11 is 0. The Labute approximate surface area is 208 Å². The number of ether oxygens (including phenoxy) is 1. The third-order valence-corrected chi connectivity index (χ3v) is 8.03. The number of ketones is 1. The van der Waals surface area contributed by atoms with Crippen molar-refractivity contribution in [2.24, 2.45) is 23.7 Å². The highest BCUT2D eigenvalue weighted by atomic mass is 16.5. The van der Waals surface area contributed by atoms with Gasteiger partial charge >= 0.3 is 5.97 Å². The largest absolute Gasteiger partial charge is 0.454 e. The number of anilines is 1. The highest BCUT2D eigenvalue weighted by Crippen LogP contribution is 2.61. The second kappa shape index (κ2) is 8.86. The van der Waals surface area contributed by atoms with Crippen LogP contribution in [0.15, 0.2) is 84.9 Å². The van der Waals surface area contributed by atoms with Gasteiger partial charge in [-0.15, -0.1) is 0 Å². The number of benzene rings is 3. The number of hydrogen-bond donors (Lipinski definition) is 0. The minimum absolute atomic E-state index is 0.132. The molecule has 3 fully saturated rings. The molecule has 0 radical (unpaired) electrons. The summed E-state index contributed by atoms with van der Waals surface area (Å²) in [4.78, 5) is 52.7. The quantitative estimate of drug-likeness (QED) is 0.292. The molecule has 1 saturated heterocycles. The van der Waals surface area contributed by atoms with Gasteiger partial charge in [-0.3, -0.25) is 19.3 Å². The second-order valence-corrected chi connectivity index (χ2v) is 9.89. The van der Waals surface area contributed by atoms with E-state index in [2.05, 4.69) is 12.1 Å². The zero-order chi connectivity index (χ0) is 24.8. The number of imide groups is 1. The number of Topliss-reactive ketones (excluding diaryl/α,β-unsaturated/α-hetero) is 1. The normalized spacial score (nSPS) is 26.2. The molecular formula is C30H25NO5.